The first-order valence-electron chi connectivity index (χ1n) is 10.6. The predicted octanol–water partition coefficient (Wildman–Crippen LogP) is 4.39. The standard InChI is InChI=1S/C24H21FN4O4S/c1-28-21(8-9-26-28)18-13-20(22(14-19(18)25)29-10-2-3-11-29)27-34(32,33)23-12-16(24(30)31)6-7-17(23)15-4-5-15/h2-3,6-15,27H,4-5H2,1H3,(H,30,31). The van der Waals surface area contributed by atoms with Gasteiger partial charge in [0.05, 0.1) is 27.5 Å². The van der Waals surface area contributed by atoms with E-state index in [9.17, 15) is 18.3 Å². The van der Waals surface area contributed by atoms with Crippen LogP contribution in [0.25, 0.3) is 16.9 Å². The number of aryl methyl sites for hydroxylation is 1. The molecule has 174 valence electrons. The molecule has 2 N–H and O–H groups in total. The fraction of sp³-hybridized carbons (Fsp3) is 0.167. The van der Waals surface area contributed by atoms with Gasteiger partial charge in [-0.05, 0) is 60.7 Å². The molecule has 8 nitrogen and oxygen atoms in total. The second-order valence-electron chi connectivity index (χ2n) is 8.22. The number of carbonyl (C=O) groups is 1. The number of aromatic nitrogens is 3. The van der Waals surface area contributed by atoms with E-state index in [1.807, 2.05) is 0 Å². The van der Waals surface area contributed by atoms with E-state index in [1.165, 1.54) is 35.1 Å². The molecule has 0 radical (unpaired) electrons. The van der Waals surface area contributed by atoms with Crippen LogP contribution in [0.5, 0.6) is 0 Å². The molecule has 0 amide bonds. The number of halogens is 1. The maximum atomic E-state index is 15.1. The average Bonchev–Trinajstić information content (AvgIpc) is 3.32. The van der Waals surface area contributed by atoms with Crippen LogP contribution in [-0.2, 0) is 17.1 Å². The number of sulfonamides is 1. The van der Waals surface area contributed by atoms with Crippen molar-refractivity contribution in [3.63, 3.8) is 0 Å². The number of benzene rings is 2. The van der Waals surface area contributed by atoms with Crippen LogP contribution in [0.3, 0.4) is 0 Å². The summed E-state index contributed by atoms with van der Waals surface area (Å²) in [4.78, 5) is 11.4. The fourth-order valence-electron chi connectivity index (χ4n) is 4.02. The molecule has 5 rings (SSSR count). The van der Waals surface area contributed by atoms with Gasteiger partial charge in [0.2, 0.25) is 0 Å². The Morgan fingerprint density at radius 1 is 1.15 bits per heavy atom. The van der Waals surface area contributed by atoms with Crippen molar-refractivity contribution in [3.05, 3.63) is 84.1 Å². The van der Waals surface area contributed by atoms with E-state index in [1.54, 1.807) is 48.3 Å². The number of hydrogen-bond donors (Lipinski definition) is 2. The van der Waals surface area contributed by atoms with Gasteiger partial charge in [-0.1, -0.05) is 6.07 Å². The van der Waals surface area contributed by atoms with Crippen molar-refractivity contribution in [1.29, 1.82) is 0 Å². The van der Waals surface area contributed by atoms with Crippen LogP contribution < -0.4 is 4.72 Å². The molecular weight excluding hydrogens is 459 g/mol. The molecule has 1 aliphatic rings. The molecule has 34 heavy (non-hydrogen) atoms. The van der Waals surface area contributed by atoms with Gasteiger partial charge in [0.15, 0.2) is 0 Å². The molecule has 1 fully saturated rings. The molecule has 0 aliphatic heterocycles. The SMILES string of the molecule is Cn1nccc1-c1cc(NS(=O)(=O)c2cc(C(=O)O)ccc2C2CC2)c(-n2cccc2)cc1F. The topological polar surface area (TPSA) is 106 Å². The molecule has 0 spiro atoms. The number of anilines is 1. The Balaban J connectivity index is 1.66. The number of carboxylic acid groups (broad SMARTS) is 1. The number of aromatic carboxylic acids is 1. The van der Waals surface area contributed by atoms with Crippen molar-refractivity contribution in [1.82, 2.24) is 14.3 Å². The Bertz CT molecular complexity index is 1510. The fourth-order valence-corrected chi connectivity index (χ4v) is 5.41. The second kappa shape index (κ2) is 8.14. The van der Waals surface area contributed by atoms with Crippen LogP contribution in [-0.4, -0.2) is 33.8 Å². The van der Waals surface area contributed by atoms with E-state index in [4.69, 9.17) is 0 Å². The van der Waals surface area contributed by atoms with Gasteiger partial charge in [-0.3, -0.25) is 9.40 Å². The Labute approximate surface area is 195 Å². The molecule has 0 bridgehead atoms. The van der Waals surface area contributed by atoms with Crippen molar-refractivity contribution in [2.75, 3.05) is 4.72 Å². The molecule has 0 unspecified atom stereocenters. The Hall–Kier alpha value is -3.92. The summed E-state index contributed by atoms with van der Waals surface area (Å²) in [6.45, 7) is 0. The predicted molar refractivity (Wildman–Crippen MR) is 124 cm³/mol. The summed E-state index contributed by atoms with van der Waals surface area (Å²) in [6.07, 6.45) is 6.56. The molecule has 0 atom stereocenters. The number of rotatable bonds is 7. The summed E-state index contributed by atoms with van der Waals surface area (Å²) in [5, 5.41) is 13.5. The maximum Gasteiger partial charge on any atom is 0.335 e. The van der Waals surface area contributed by atoms with Crippen LogP contribution >= 0.6 is 0 Å². The monoisotopic (exact) mass is 480 g/mol. The summed E-state index contributed by atoms with van der Waals surface area (Å²) in [7, 11) is -2.53. The Morgan fingerprint density at radius 2 is 1.88 bits per heavy atom. The van der Waals surface area contributed by atoms with Crippen LogP contribution in [0.1, 0.15) is 34.7 Å². The molecule has 2 aromatic heterocycles. The van der Waals surface area contributed by atoms with Gasteiger partial charge in [-0.25, -0.2) is 17.6 Å². The van der Waals surface area contributed by atoms with Crippen molar-refractivity contribution >= 4 is 21.7 Å². The normalized spacial score (nSPS) is 13.7. The lowest BCUT2D eigenvalue weighted by Gasteiger charge is -2.18. The van der Waals surface area contributed by atoms with E-state index in [0.717, 1.165) is 12.8 Å². The van der Waals surface area contributed by atoms with Gasteiger partial charge in [0.25, 0.3) is 10.0 Å². The van der Waals surface area contributed by atoms with Gasteiger partial charge in [-0.15, -0.1) is 0 Å². The van der Waals surface area contributed by atoms with Crippen molar-refractivity contribution < 1.29 is 22.7 Å². The van der Waals surface area contributed by atoms with Gasteiger partial charge in [0, 0.05) is 37.3 Å². The van der Waals surface area contributed by atoms with Gasteiger partial charge in [-0.2, -0.15) is 5.10 Å². The molecule has 0 saturated heterocycles. The van der Waals surface area contributed by atoms with Crippen LogP contribution in [0.4, 0.5) is 10.1 Å². The molecule has 10 heteroatoms. The van der Waals surface area contributed by atoms with Crippen molar-refractivity contribution in [2.24, 2.45) is 7.05 Å². The minimum absolute atomic E-state index is 0.0663. The molecule has 1 saturated carbocycles. The van der Waals surface area contributed by atoms with E-state index < -0.39 is 21.8 Å². The van der Waals surface area contributed by atoms with Gasteiger partial charge >= 0.3 is 5.97 Å². The zero-order valence-electron chi connectivity index (χ0n) is 18.1. The molecular formula is C24H21FN4O4S. The summed E-state index contributed by atoms with van der Waals surface area (Å²) < 4.78 is 48.0. The summed E-state index contributed by atoms with van der Waals surface area (Å²) in [5.74, 6) is -1.69. The maximum absolute atomic E-state index is 15.1. The molecule has 4 aromatic rings. The lowest BCUT2D eigenvalue weighted by molar-refractivity contribution is 0.0696. The first kappa shape index (κ1) is 21.9. The highest BCUT2D eigenvalue weighted by Gasteiger charge is 2.32. The van der Waals surface area contributed by atoms with Crippen molar-refractivity contribution in [3.8, 4) is 16.9 Å². The third-order valence-electron chi connectivity index (χ3n) is 5.88. The minimum Gasteiger partial charge on any atom is -0.478 e. The lowest BCUT2D eigenvalue weighted by atomic mass is 10.1. The van der Waals surface area contributed by atoms with Gasteiger partial charge < -0.3 is 9.67 Å². The van der Waals surface area contributed by atoms with Crippen molar-refractivity contribution in [2.45, 2.75) is 23.7 Å². The minimum atomic E-state index is -4.20. The highest BCUT2D eigenvalue weighted by Crippen LogP contribution is 2.43. The third kappa shape index (κ3) is 3.96. The smallest absolute Gasteiger partial charge is 0.335 e. The third-order valence-corrected chi connectivity index (χ3v) is 7.30. The van der Waals surface area contributed by atoms with Crippen LogP contribution in [0.2, 0.25) is 0 Å². The number of hydrogen-bond acceptors (Lipinski definition) is 4. The highest BCUT2D eigenvalue weighted by molar-refractivity contribution is 7.92. The average molecular weight is 481 g/mol. The first-order valence-corrected chi connectivity index (χ1v) is 12.1. The molecule has 1 aliphatic carbocycles. The van der Waals surface area contributed by atoms with Crippen LogP contribution in [0, 0.1) is 5.82 Å². The van der Waals surface area contributed by atoms with E-state index >= 15 is 4.39 Å². The number of carboxylic acids is 1. The lowest BCUT2D eigenvalue weighted by Crippen LogP contribution is -2.17. The van der Waals surface area contributed by atoms with E-state index in [0.29, 0.717) is 16.9 Å². The zero-order chi connectivity index (χ0) is 24.0. The summed E-state index contributed by atoms with van der Waals surface area (Å²) in [6, 6.07) is 12.0. The van der Waals surface area contributed by atoms with E-state index in [2.05, 4.69) is 9.82 Å². The van der Waals surface area contributed by atoms with Crippen LogP contribution in [0.15, 0.2) is 72.0 Å². The number of nitrogens with one attached hydrogen (secondary N) is 1. The molecule has 2 heterocycles. The zero-order valence-corrected chi connectivity index (χ0v) is 19.0. The van der Waals surface area contributed by atoms with E-state index in [-0.39, 0.29) is 27.6 Å². The quantitative estimate of drug-likeness (QED) is 0.408. The summed E-state index contributed by atoms with van der Waals surface area (Å²) >= 11 is 0. The largest absolute Gasteiger partial charge is 0.478 e. The number of nitrogens with zero attached hydrogens (tertiary/aromatic N) is 3. The Kier molecular flexibility index (Phi) is 5.24. The summed E-state index contributed by atoms with van der Waals surface area (Å²) in [5.41, 5.74) is 1.55. The first-order chi connectivity index (χ1) is 16.2. The second-order valence-corrected chi connectivity index (χ2v) is 9.87. The Morgan fingerprint density at radius 3 is 2.50 bits per heavy atom. The molecule has 2 aromatic carbocycles. The van der Waals surface area contributed by atoms with Gasteiger partial charge in [0.1, 0.15) is 5.82 Å². The highest BCUT2D eigenvalue weighted by atomic mass is 32.2.